The second kappa shape index (κ2) is 4.13. The van der Waals surface area contributed by atoms with Gasteiger partial charge < -0.3 is 11.5 Å². The number of halogens is 3. The van der Waals surface area contributed by atoms with Crippen LogP contribution in [0.5, 0.6) is 0 Å². The van der Waals surface area contributed by atoms with Crippen molar-refractivity contribution in [2.75, 3.05) is 11.5 Å². The third-order valence-corrected chi connectivity index (χ3v) is 2.20. The number of rotatable bonds is 1. The summed E-state index contributed by atoms with van der Waals surface area (Å²) in [7, 11) is 0. The predicted octanol–water partition coefficient (Wildman–Crippen LogP) is 1.72. The van der Waals surface area contributed by atoms with Gasteiger partial charge in [-0.25, -0.2) is 4.98 Å². The number of hydrogen-bond acceptors (Lipinski definition) is 5. The number of aromatic nitrogens is 3. The average molecular weight is 255 g/mol. The minimum atomic E-state index is -4.51. The Bertz CT molecular complexity index is 582. The molecule has 4 N–H and O–H groups in total. The summed E-state index contributed by atoms with van der Waals surface area (Å²) in [6, 6.07) is 2.27. The summed E-state index contributed by atoms with van der Waals surface area (Å²) in [6.07, 6.45) is -2.19. The third kappa shape index (κ3) is 2.31. The molecule has 0 amide bonds. The summed E-state index contributed by atoms with van der Waals surface area (Å²) in [5.74, 6) is -0.0248. The van der Waals surface area contributed by atoms with Crippen molar-refractivity contribution >= 4 is 11.8 Å². The molecule has 2 aromatic heterocycles. The minimum absolute atomic E-state index is 0.0156. The Labute approximate surface area is 99.7 Å². The first-order valence-corrected chi connectivity index (χ1v) is 4.79. The maximum Gasteiger partial charge on any atom is 0.433 e. The van der Waals surface area contributed by atoms with E-state index in [1.165, 1.54) is 12.3 Å². The molecule has 0 saturated heterocycles. The molecule has 0 aliphatic carbocycles. The Kier molecular flexibility index (Phi) is 2.77. The summed E-state index contributed by atoms with van der Waals surface area (Å²) < 4.78 is 37.5. The van der Waals surface area contributed by atoms with Crippen LogP contribution in [0.25, 0.3) is 11.1 Å². The van der Waals surface area contributed by atoms with Crippen LogP contribution < -0.4 is 11.5 Å². The fourth-order valence-electron chi connectivity index (χ4n) is 1.38. The van der Waals surface area contributed by atoms with Gasteiger partial charge in [0.1, 0.15) is 11.5 Å². The SMILES string of the molecule is Nc1ncc(-c2ccnc(C(F)(F)F)c2)c(N)n1. The van der Waals surface area contributed by atoms with Crippen molar-refractivity contribution in [1.29, 1.82) is 0 Å². The average Bonchev–Trinajstić information content (AvgIpc) is 2.28. The van der Waals surface area contributed by atoms with Crippen molar-refractivity contribution in [3.63, 3.8) is 0 Å². The molecule has 0 atom stereocenters. The molecule has 8 heteroatoms. The van der Waals surface area contributed by atoms with E-state index in [9.17, 15) is 13.2 Å². The van der Waals surface area contributed by atoms with Crippen LogP contribution >= 0.6 is 0 Å². The molecule has 0 aliphatic heterocycles. The molecule has 18 heavy (non-hydrogen) atoms. The summed E-state index contributed by atoms with van der Waals surface area (Å²) in [4.78, 5) is 10.6. The lowest BCUT2D eigenvalue weighted by molar-refractivity contribution is -0.141. The van der Waals surface area contributed by atoms with E-state index in [2.05, 4.69) is 15.0 Å². The Morgan fingerprint density at radius 1 is 1.11 bits per heavy atom. The van der Waals surface area contributed by atoms with Gasteiger partial charge in [0.15, 0.2) is 0 Å². The van der Waals surface area contributed by atoms with Crippen LogP contribution in [0.3, 0.4) is 0 Å². The van der Waals surface area contributed by atoms with Gasteiger partial charge in [0.25, 0.3) is 0 Å². The third-order valence-electron chi connectivity index (χ3n) is 2.20. The van der Waals surface area contributed by atoms with Crippen LogP contribution in [0.2, 0.25) is 0 Å². The molecule has 0 radical (unpaired) electrons. The van der Waals surface area contributed by atoms with Crippen molar-refractivity contribution in [2.24, 2.45) is 0 Å². The van der Waals surface area contributed by atoms with Crippen LogP contribution in [0, 0.1) is 0 Å². The molecule has 0 bridgehead atoms. The van der Waals surface area contributed by atoms with Gasteiger partial charge in [-0.15, -0.1) is 0 Å². The van der Waals surface area contributed by atoms with E-state index in [0.717, 1.165) is 12.3 Å². The number of hydrogen-bond donors (Lipinski definition) is 2. The number of nitrogens with two attached hydrogens (primary N) is 2. The molecule has 0 unspecified atom stereocenters. The van der Waals surface area contributed by atoms with Crippen molar-refractivity contribution in [2.45, 2.75) is 6.18 Å². The Hall–Kier alpha value is -2.38. The molecular weight excluding hydrogens is 247 g/mol. The maximum atomic E-state index is 12.5. The first kappa shape index (κ1) is 12.1. The fraction of sp³-hybridized carbons (Fsp3) is 0.100. The first-order chi connectivity index (χ1) is 8.38. The highest BCUT2D eigenvalue weighted by atomic mass is 19.4. The normalized spacial score (nSPS) is 11.5. The van der Waals surface area contributed by atoms with E-state index in [-0.39, 0.29) is 22.9 Å². The molecule has 0 aliphatic rings. The number of pyridine rings is 1. The lowest BCUT2D eigenvalue weighted by atomic mass is 10.1. The van der Waals surface area contributed by atoms with Crippen LogP contribution in [0.15, 0.2) is 24.5 Å². The number of nitrogen functional groups attached to an aromatic ring is 2. The lowest BCUT2D eigenvalue weighted by Crippen LogP contribution is -2.08. The van der Waals surface area contributed by atoms with Gasteiger partial charge >= 0.3 is 6.18 Å². The number of alkyl halides is 3. The molecule has 2 rings (SSSR count). The van der Waals surface area contributed by atoms with Gasteiger partial charge in [-0.2, -0.15) is 18.2 Å². The van der Waals surface area contributed by atoms with Gasteiger partial charge in [0.05, 0.1) is 0 Å². The summed E-state index contributed by atoms with van der Waals surface area (Å²) in [6.45, 7) is 0. The second-order valence-electron chi connectivity index (χ2n) is 3.45. The molecule has 94 valence electrons. The molecular formula is C10H8F3N5. The molecule has 0 aromatic carbocycles. The first-order valence-electron chi connectivity index (χ1n) is 4.79. The van der Waals surface area contributed by atoms with Crippen molar-refractivity contribution < 1.29 is 13.2 Å². The van der Waals surface area contributed by atoms with E-state index in [4.69, 9.17) is 11.5 Å². The topological polar surface area (TPSA) is 90.7 Å². The zero-order valence-electron chi connectivity index (χ0n) is 8.94. The van der Waals surface area contributed by atoms with Crippen LogP contribution in [-0.4, -0.2) is 15.0 Å². The van der Waals surface area contributed by atoms with Gasteiger partial charge in [0, 0.05) is 18.0 Å². The van der Waals surface area contributed by atoms with Crippen molar-refractivity contribution in [3.05, 3.63) is 30.2 Å². The highest BCUT2D eigenvalue weighted by Gasteiger charge is 2.32. The Balaban J connectivity index is 2.51. The van der Waals surface area contributed by atoms with E-state index in [1.54, 1.807) is 0 Å². The number of anilines is 2. The molecule has 0 spiro atoms. The van der Waals surface area contributed by atoms with E-state index in [1.807, 2.05) is 0 Å². The molecule has 5 nitrogen and oxygen atoms in total. The zero-order valence-corrected chi connectivity index (χ0v) is 8.94. The lowest BCUT2D eigenvalue weighted by Gasteiger charge is -2.08. The van der Waals surface area contributed by atoms with Crippen LogP contribution in [0.1, 0.15) is 5.69 Å². The van der Waals surface area contributed by atoms with Crippen molar-refractivity contribution in [3.8, 4) is 11.1 Å². The van der Waals surface area contributed by atoms with E-state index >= 15 is 0 Å². The largest absolute Gasteiger partial charge is 0.433 e. The standard InChI is InChI=1S/C10H8F3N5/c11-10(12,13)7-3-5(1-2-16-7)6-4-17-9(15)18-8(6)14/h1-4H,(H4,14,15,17,18). The monoisotopic (exact) mass is 255 g/mol. The van der Waals surface area contributed by atoms with Gasteiger partial charge in [-0.05, 0) is 17.7 Å². The molecule has 0 fully saturated rings. The zero-order chi connectivity index (χ0) is 13.3. The summed E-state index contributed by atoms with van der Waals surface area (Å²) in [5, 5.41) is 0. The van der Waals surface area contributed by atoms with Gasteiger partial charge in [-0.3, -0.25) is 4.98 Å². The van der Waals surface area contributed by atoms with Crippen LogP contribution in [-0.2, 0) is 6.18 Å². The maximum absolute atomic E-state index is 12.5. The molecule has 0 saturated carbocycles. The minimum Gasteiger partial charge on any atom is -0.383 e. The number of nitrogens with zero attached hydrogens (tertiary/aromatic N) is 3. The fourth-order valence-corrected chi connectivity index (χ4v) is 1.38. The van der Waals surface area contributed by atoms with Crippen LogP contribution in [0.4, 0.5) is 24.9 Å². The Morgan fingerprint density at radius 3 is 2.44 bits per heavy atom. The quantitative estimate of drug-likeness (QED) is 0.809. The Morgan fingerprint density at radius 2 is 1.83 bits per heavy atom. The van der Waals surface area contributed by atoms with Gasteiger partial charge in [-0.1, -0.05) is 0 Å². The van der Waals surface area contributed by atoms with E-state index < -0.39 is 11.9 Å². The van der Waals surface area contributed by atoms with Gasteiger partial charge in [0.2, 0.25) is 5.95 Å². The summed E-state index contributed by atoms with van der Waals surface area (Å²) in [5.41, 5.74) is 10.4. The van der Waals surface area contributed by atoms with E-state index in [0.29, 0.717) is 0 Å². The summed E-state index contributed by atoms with van der Waals surface area (Å²) >= 11 is 0. The predicted molar refractivity (Wildman–Crippen MR) is 59.1 cm³/mol. The molecule has 2 aromatic rings. The second-order valence-corrected chi connectivity index (χ2v) is 3.45. The molecule has 2 heterocycles. The highest BCUT2D eigenvalue weighted by molar-refractivity contribution is 5.73. The smallest absolute Gasteiger partial charge is 0.383 e. The van der Waals surface area contributed by atoms with Crippen molar-refractivity contribution in [1.82, 2.24) is 15.0 Å². The highest BCUT2D eigenvalue weighted by Crippen LogP contribution is 2.31.